The smallest absolute Gasteiger partial charge is 0.291 e. The van der Waals surface area contributed by atoms with Crippen LogP contribution in [0.3, 0.4) is 0 Å². The molecule has 1 saturated carbocycles. The monoisotopic (exact) mass is 356 g/mol. The number of hydrogen-bond donors (Lipinski definition) is 0. The van der Waals surface area contributed by atoms with Crippen molar-refractivity contribution >= 4 is 10.9 Å². The summed E-state index contributed by atoms with van der Waals surface area (Å²) in [7, 11) is 0. The third kappa shape index (κ3) is 3.13. The van der Waals surface area contributed by atoms with Crippen LogP contribution in [0.15, 0.2) is 22.7 Å². The Hall–Kier alpha value is -2.24. The first kappa shape index (κ1) is 17.2. The lowest BCUT2D eigenvalue weighted by atomic mass is 9.91. The standard InChI is InChI=1S/C20H25FN4O/c1-13(2)17-15-11-8-12-16(21)18(15)25(23-17)20-22-19(26-24-20)14-9-6-4-3-5-7-10-14/h8,11-14H,3-7,9-10H2,1-2H3. The van der Waals surface area contributed by atoms with Gasteiger partial charge in [-0.05, 0) is 30.0 Å². The Kier molecular flexibility index (Phi) is 4.74. The van der Waals surface area contributed by atoms with Crippen LogP contribution in [0.25, 0.3) is 16.9 Å². The topological polar surface area (TPSA) is 56.7 Å². The Morgan fingerprint density at radius 3 is 2.58 bits per heavy atom. The fraction of sp³-hybridized carbons (Fsp3) is 0.550. The van der Waals surface area contributed by atoms with Gasteiger partial charge in [0.25, 0.3) is 5.95 Å². The van der Waals surface area contributed by atoms with Gasteiger partial charge in [0.2, 0.25) is 5.89 Å². The summed E-state index contributed by atoms with van der Waals surface area (Å²) in [6.45, 7) is 4.10. The molecule has 1 fully saturated rings. The van der Waals surface area contributed by atoms with E-state index in [2.05, 4.69) is 15.2 Å². The van der Waals surface area contributed by atoms with Crippen molar-refractivity contribution in [3.8, 4) is 5.95 Å². The first-order valence-corrected chi connectivity index (χ1v) is 9.66. The van der Waals surface area contributed by atoms with E-state index in [9.17, 15) is 4.39 Å². The van der Waals surface area contributed by atoms with E-state index in [0.717, 1.165) is 23.9 Å². The van der Waals surface area contributed by atoms with Crippen LogP contribution in [0.1, 0.15) is 82.2 Å². The van der Waals surface area contributed by atoms with Crippen LogP contribution in [0.5, 0.6) is 0 Å². The molecule has 138 valence electrons. The van der Waals surface area contributed by atoms with Crippen molar-refractivity contribution in [1.82, 2.24) is 19.9 Å². The molecule has 3 aromatic rings. The van der Waals surface area contributed by atoms with Crippen LogP contribution in [0.2, 0.25) is 0 Å². The van der Waals surface area contributed by atoms with Crippen molar-refractivity contribution in [3.63, 3.8) is 0 Å². The van der Waals surface area contributed by atoms with Crippen molar-refractivity contribution in [1.29, 1.82) is 0 Å². The molecule has 0 N–H and O–H groups in total. The van der Waals surface area contributed by atoms with Crippen LogP contribution in [0.4, 0.5) is 4.39 Å². The van der Waals surface area contributed by atoms with E-state index >= 15 is 0 Å². The maximum Gasteiger partial charge on any atom is 0.291 e. The summed E-state index contributed by atoms with van der Waals surface area (Å²) in [5, 5.41) is 9.53. The highest BCUT2D eigenvalue weighted by Crippen LogP contribution is 2.32. The van der Waals surface area contributed by atoms with Crippen molar-refractivity contribution < 1.29 is 8.91 Å². The van der Waals surface area contributed by atoms with Gasteiger partial charge in [0.05, 0.1) is 5.69 Å². The van der Waals surface area contributed by atoms with E-state index in [0.29, 0.717) is 23.3 Å². The Labute approximate surface area is 152 Å². The van der Waals surface area contributed by atoms with E-state index in [4.69, 9.17) is 4.52 Å². The fourth-order valence-electron chi connectivity index (χ4n) is 3.90. The van der Waals surface area contributed by atoms with E-state index in [1.54, 1.807) is 6.07 Å². The number of hydrogen-bond acceptors (Lipinski definition) is 4. The molecule has 4 rings (SSSR count). The Balaban J connectivity index is 1.73. The van der Waals surface area contributed by atoms with Crippen LogP contribution in [0, 0.1) is 5.82 Å². The van der Waals surface area contributed by atoms with Gasteiger partial charge >= 0.3 is 0 Å². The summed E-state index contributed by atoms with van der Waals surface area (Å²) >= 11 is 0. The van der Waals surface area contributed by atoms with Gasteiger partial charge in [0.15, 0.2) is 0 Å². The highest BCUT2D eigenvalue weighted by atomic mass is 19.1. The number of para-hydroxylation sites is 1. The summed E-state index contributed by atoms with van der Waals surface area (Å²) in [5.41, 5.74) is 1.26. The quantitative estimate of drug-likeness (QED) is 0.622. The minimum absolute atomic E-state index is 0.178. The third-order valence-electron chi connectivity index (χ3n) is 5.30. The molecule has 6 heteroatoms. The Morgan fingerprint density at radius 2 is 1.85 bits per heavy atom. The van der Waals surface area contributed by atoms with Crippen LogP contribution < -0.4 is 0 Å². The average molecular weight is 356 g/mol. The molecule has 0 atom stereocenters. The largest absolute Gasteiger partial charge is 0.337 e. The number of nitrogens with zero attached hydrogens (tertiary/aromatic N) is 4. The molecule has 0 spiro atoms. The second-order valence-corrected chi connectivity index (χ2v) is 7.56. The number of aromatic nitrogens is 4. The molecule has 1 aliphatic rings. The van der Waals surface area contributed by atoms with Gasteiger partial charge in [-0.25, -0.2) is 4.39 Å². The molecule has 1 aromatic carbocycles. The summed E-state index contributed by atoms with van der Waals surface area (Å²) in [6.07, 6.45) is 8.39. The minimum Gasteiger partial charge on any atom is -0.337 e. The third-order valence-corrected chi connectivity index (χ3v) is 5.30. The zero-order valence-corrected chi connectivity index (χ0v) is 15.4. The molecule has 0 bridgehead atoms. The fourth-order valence-corrected chi connectivity index (χ4v) is 3.90. The van der Waals surface area contributed by atoms with Gasteiger partial charge in [0.1, 0.15) is 11.3 Å². The molecular weight excluding hydrogens is 331 g/mol. The lowest BCUT2D eigenvalue weighted by molar-refractivity contribution is 0.321. The number of fused-ring (bicyclic) bond motifs is 1. The van der Waals surface area contributed by atoms with E-state index in [1.165, 1.54) is 42.9 Å². The normalized spacial score (nSPS) is 16.9. The molecule has 5 nitrogen and oxygen atoms in total. The van der Waals surface area contributed by atoms with E-state index in [1.807, 2.05) is 19.9 Å². The predicted octanol–water partition coefficient (Wildman–Crippen LogP) is 5.50. The van der Waals surface area contributed by atoms with Crippen molar-refractivity contribution in [2.75, 3.05) is 0 Å². The molecule has 0 radical (unpaired) electrons. The lowest BCUT2D eigenvalue weighted by Crippen LogP contribution is -2.04. The zero-order chi connectivity index (χ0) is 18.1. The minimum atomic E-state index is -0.320. The molecule has 0 amide bonds. The molecule has 2 aromatic heterocycles. The van der Waals surface area contributed by atoms with Crippen LogP contribution in [-0.4, -0.2) is 19.9 Å². The summed E-state index contributed by atoms with van der Waals surface area (Å²) in [5.74, 6) is 1.14. The molecule has 0 unspecified atom stereocenters. The Bertz CT molecular complexity index is 890. The van der Waals surface area contributed by atoms with Crippen LogP contribution in [-0.2, 0) is 0 Å². The van der Waals surface area contributed by atoms with Gasteiger partial charge in [-0.1, -0.05) is 58.1 Å². The SMILES string of the molecule is CC(C)c1nn(-c2noc(C3CCCCCCC3)n2)c2c(F)cccc12. The maximum atomic E-state index is 14.5. The summed E-state index contributed by atoms with van der Waals surface area (Å²) in [6, 6.07) is 5.05. The van der Waals surface area contributed by atoms with Crippen molar-refractivity contribution in [3.05, 3.63) is 35.6 Å². The molecule has 1 aliphatic carbocycles. The van der Waals surface area contributed by atoms with E-state index < -0.39 is 0 Å². The van der Waals surface area contributed by atoms with Gasteiger partial charge in [-0.2, -0.15) is 14.8 Å². The van der Waals surface area contributed by atoms with Crippen molar-refractivity contribution in [2.45, 2.75) is 70.6 Å². The number of rotatable bonds is 3. The molecule has 0 aliphatic heterocycles. The van der Waals surface area contributed by atoms with Crippen molar-refractivity contribution in [2.24, 2.45) is 0 Å². The molecule has 26 heavy (non-hydrogen) atoms. The number of halogens is 1. The molecular formula is C20H25FN4O. The maximum absolute atomic E-state index is 14.5. The highest BCUT2D eigenvalue weighted by molar-refractivity contribution is 5.84. The predicted molar refractivity (Wildman–Crippen MR) is 98.0 cm³/mol. The second-order valence-electron chi connectivity index (χ2n) is 7.56. The summed E-state index contributed by atoms with van der Waals surface area (Å²) in [4.78, 5) is 4.60. The van der Waals surface area contributed by atoms with Crippen LogP contribution >= 0.6 is 0 Å². The molecule has 2 heterocycles. The summed E-state index contributed by atoms with van der Waals surface area (Å²) < 4.78 is 21.6. The lowest BCUT2D eigenvalue weighted by Gasteiger charge is -2.15. The number of benzene rings is 1. The van der Waals surface area contributed by atoms with Gasteiger partial charge in [0, 0.05) is 11.3 Å². The zero-order valence-electron chi connectivity index (χ0n) is 15.4. The van der Waals surface area contributed by atoms with Gasteiger partial charge < -0.3 is 4.52 Å². The first-order valence-electron chi connectivity index (χ1n) is 9.66. The Morgan fingerprint density at radius 1 is 1.12 bits per heavy atom. The second kappa shape index (κ2) is 7.17. The van der Waals surface area contributed by atoms with Gasteiger partial charge in [-0.15, -0.1) is 0 Å². The highest BCUT2D eigenvalue weighted by Gasteiger charge is 2.24. The van der Waals surface area contributed by atoms with E-state index in [-0.39, 0.29) is 11.7 Å². The van der Waals surface area contributed by atoms with Gasteiger partial charge in [-0.3, -0.25) is 0 Å². The first-order chi connectivity index (χ1) is 12.6. The average Bonchev–Trinajstić information content (AvgIpc) is 3.19. The molecule has 0 saturated heterocycles.